The number of benzene rings is 6. The molecule has 7 N–H and O–H groups in total. The predicted molar refractivity (Wildman–Crippen MR) is 193 cm³/mol. The minimum atomic E-state index is -1.10. The molecule has 0 radical (unpaired) electrons. The van der Waals surface area contributed by atoms with Gasteiger partial charge in [0.1, 0.15) is 5.75 Å². The summed E-state index contributed by atoms with van der Waals surface area (Å²) in [5, 5.41) is 78.3. The molecule has 2 aliphatic rings. The van der Waals surface area contributed by atoms with E-state index in [0.29, 0.717) is 22.3 Å². The molecule has 6 aromatic rings. The maximum absolute atomic E-state index is 11.8. The minimum Gasteiger partial charge on any atom is -0.506 e. The average Bonchev–Trinajstić information content (AvgIpc) is 3.11. The summed E-state index contributed by atoms with van der Waals surface area (Å²) in [6.45, 7) is 4.43. The quantitative estimate of drug-likeness (QED) is 0.0575. The molecule has 0 saturated heterocycles. The molecule has 0 fully saturated rings. The molecule has 244 valence electrons. The highest BCUT2D eigenvalue weighted by molar-refractivity contribution is 6.24. The van der Waals surface area contributed by atoms with Gasteiger partial charge < -0.3 is 35.7 Å². The van der Waals surface area contributed by atoms with E-state index < -0.39 is 51.0 Å². The van der Waals surface area contributed by atoms with E-state index in [1.807, 2.05) is 48.5 Å². The Morgan fingerprint density at radius 3 is 1.71 bits per heavy atom. The van der Waals surface area contributed by atoms with Gasteiger partial charge in [-0.2, -0.15) is 0 Å². The zero-order valence-electron chi connectivity index (χ0n) is 26.8. The summed E-state index contributed by atoms with van der Waals surface area (Å²) in [6, 6.07) is 21.7. The van der Waals surface area contributed by atoms with Crippen molar-refractivity contribution in [2.24, 2.45) is 11.8 Å². The number of hydrogen-bond acceptors (Lipinski definition) is 7. The van der Waals surface area contributed by atoms with E-state index in [9.17, 15) is 35.7 Å². The maximum atomic E-state index is 11.8. The van der Waals surface area contributed by atoms with Gasteiger partial charge in [0.15, 0.2) is 23.0 Å². The molecular weight excluding hydrogens is 616 g/mol. The predicted octanol–water partition coefficient (Wildman–Crippen LogP) is 9.52. The van der Waals surface area contributed by atoms with Crippen LogP contribution in [-0.2, 0) is 0 Å². The molecule has 0 heterocycles. The molecule has 0 aliphatic heterocycles. The molecular formula is C42H34O7. The molecule has 0 aromatic heterocycles. The van der Waals surface area contributed by atoms with E-state index in [4.69, 9.17) is 0 Å². The van der Waals surface area contributed by atoms with Crippen LogP contribution in [0.5, 0.6) is 40.2 Å². The Balaban J connectivity index is 1.47. The van der Waals surface area contributed by atoms with Crippen molar-refractivity contribution in [3.63, 3.8) is 0 Å². The number of allylic oxidation sites excluding steroid dienone is 6. The van der Waals surface area contributed by atoms with Gasteiger partial charge in [0.25, 0.3) is 0 Å². The van der Waals surface area contributed by atoms with Crippen LogP contribution in [0.3, 0.4) is 0 Å². The first-order valence-electron chi connectivity index (χ1n) is 16.3. The second kappa shape index (κ2) is 11.0. The second-order valence-electron chi connectivity index (χ2n) is 13.2. The third-order valence-electron chi connectivity index (χ3n) is 10.5. The lowest BCUT2D eigenvalue weighted by Gasteiger charge is -2.35. The topological polar surface area (TPSA) is 142 Å². The number of hydrogen-bond donors (Lipinski definition) is 7. The Morgan fingerprint density at radius 1 is 0.551 bits per heavy atom. The Morgan fingerprint density at radius 2 is 1.10 bits per heavy atom. The maximum Gasteiger partial charge on any atom is 0.205 e. The van der Waals surface area contributed by atoms with Crippen molar-refractivity contribution in [3.05, 3.63) is 114 Å². The molecule has 7 heteroatoms. The molecule has 3 atom stereocenters. The fraction of sp³-hybridized carbons (Fsp3) is 0.143. The van der Waals surface area contributed by atoms with Crippen LogP contribution < -0.4 is 0 Å². The van der Waals surface area contributed by atoms with Crippen LogP contribution in [-0.4, -0.2) is 35.7 Å². The summed E-state index contributed by atoms with van der Waals surface area (Å²) < 4.78 is 0. The standard InChI is InChI=1S/C42H34O7/c1-20-10-9-17-28(30(20)29-19-23-12-4-3-11-22(23)18-21(29)2)31-24-13-5-7-15-26(24)32(27-16-8-6-14-25(27)31)33-36(43)34-35(38(45)37(33)44)40(47)42(49)41(48)39(34)46/h3-18,21,23,29,43-49H,19H2,1-2H3. The van der Waals surface area contributed by atoms with Gasteiger partial charge in [-0.05, 0) is 74.6 Å². The van der Waals surface area contributed by atoms with Gasteiger partial charge in [-0.25, -0.2) is 0 Å². The average molecular weight is 651 g/mol. The zero-order valence-corrected chi connectivity index (χ0v) is 26.8. The number of rotatable bonds is 3. The van der Waals surface area contributed by atoms with Crippen molar-refractivity contribution in [1.82, 2.24) is 0 Å². The Bertz CT molecular complexity index is 2430. The van der Waals surface area contributed by atoms with E-state index in [1.165, 1.54) is 16.7 Å². The number of aryl methyl sites for hydroxylation is 1. The van der Waals surface area contributed by atoms with Crippen molar-refractivity contribution in [2.75, 3.05) is 0 Å². The second-order valence-corrected chi connectivity index (χ2v) is 13.2. The molecule has 0 spiro atoms. The fourth-order valence-corrected chi connectivity index (χ4v) is 8.23. The van der Waals surface area contributed by atoms with E-state index in [0.717, 1.165) is 28.3 Å². The number of phenols is 7. The molecule has 7 nitrogen and oxygen atoms in total. The van der Waals surface area contributed by atoms with E-state index in [-0.39, 0.29) is 17.4 Å². The van der Waals surface area contributed by atoms with Gasteiger partial charge in [0.2, 0.25) is 11.5 Å². The summed E-state index contributed by atoms with van der Waals surface area (Å²) >= 11 is 0. The van der Waals surface area contributed by atoms with Gasteiger partial charge in [-0.15, -0.1) is 0 Å². The van der Waals surface area contributed by atoms with Crippen molar-refractivity contribution in [3.8, 4) is 62.5 Å². The van der Waals surface area contributed by atoms with Gasteiger partial charge in [0.05, 0.1) is 16.3 Å². The molecule has 6 aromatic carbocycles. The first-order valence-corrected chi connectivity index (χ1v) is 16.3. The van der Waals surface area contributed by atoms with Crippen LogP contribution in [0.15, 0.2) is 103 Å². The number of aromatic hydroxyl groups is 7. The van der Waals surface area contributed by atoms with Crippen molar-refractivity contribution < 1.29 is 35.7 Å². The lowest BCUT2D eigenvalue weighted by atomic mass is 9.69. The summed E-state index contributed by atoms with van der Waals surface area (Å²) in [5.41, 5.74) is 6.04. The molecule has 8 rings (SSSR count). The highest BCUT2D eigenvalue weighted by Crippen LogP contribution is 2.61. The molecule has 3 unspecified atom stereocenters. The molecule has 49 heavy (non-hydrogen) atoms. The van der Waals surface area contributed by atoms with Crippen LogP contribution in [0.4, 0.5) is 0 Å². The monoisotopic (exact) mass is 650 g/mol. The number of fused-ring (bicyclic) bond motifs is 4. The smallest absolute Gasteiger partial charge is 0.205 e. The molecule has 2 aliphatic carbocycles. The fourth-order valence-electron chi connectivity index (χ4n) is 8.23. The highest BCUT2D eigenvalue weighted by Gasteiger charge is 2.34. The van der Waals surface area contributed by atoms with Crippen LogP contribution in [0.25, 0.3) is 54.6 Å². The van der Waals surface area contributed by atoms with Crippen LogP contribution >= 0.6 is 0 Å². The highest BCUT2D eigenvalue weighted by atomic mass is 16.3. The molecule has 0 bridgehead atoms. The normalized spacial score (nSPS) is 18.7. The van der Waals surface area contributed by atoms with E-state index in [2.05, 4.69) is 62.4 Å². The summed E-state index contributed by atoms with van der Waals surface area (Å²) in [4.78, 5) is 0. The summed E-state index contributed by atoms with van der Waals surface area (Å²) in [7, 11) is 0. The Kier molecular flexibility index (Phi) is 6.79. The Hall–Kier alpha value is -6.08. The third-order valence-corrected chi connectivity index (χ3v) is 10.5. The summed E-state index contributed by atoms with van der Waals surface area (Å²) in [5.74, 6) is -5.63. The lowest BCUT2D eigenvalue weighted by Crippen LogP contribution is -2.21. The van der Waals surface area contributed by atoms with Gasteiger partial charge >= 0.3 is 0 Å². The number of phenolic OH excluding ortho intramolecular Hbond substituents is 7. The van der Waals surface area contributed by atoms with E-state index in [1.54, 1.807) is 0 Å². The van der Waals surface area contributed by atoms with Gasteiger partial charge in [-0.3, -0.25) is 0 Å². The Labute approximate surface area is 281 Å². The van der Waals surface area contributed by atoms with Gasteiger partial charge in [0, 0.05) is 11.5 Å². The van der Waals surface area contributed by atoms with Gasteiger partial charge in [-0.1, -0.05) is 104 Å². The first-order chi connectivity index (χ1) is 23.6. The molecule has 0 amide bonds. The van der Waals surface area contributed by atoms with Crippen LogP contribution in [0.2, 0.25) is 0 Å². The van der Waals surface area contributed by atoms with Crippen LogP contribution in [0, 0.1) is 18.8 Å². The zero-order chi connectivity index (χ0) is 34.3. The lowest BCUT2D eigenvalue weighted by molar-refractivity contribution is 0.347. The summed E-state index contributed by atoms with van der Waals surface area (Å²) in [6.07, 6.45) is 12.0. The van der Waals surface area contributed by atoms with Crippen molar-refractivity contribution >= 4 is 32.3 Å². The third kappa shape index (κ3) is 4.28. The SMILES string of the molecule is Cc1cccc(-c2c3ccccc3c(-c3c(O)c(O)c4c(O)c(O)c(O)c(O)c4c3O)c3ccccc23)c1C1CC2C=CC=CC2=CC1C. The first kappa shape index (κ1) is 30.3. The largest absolute Gasteiger partial charge is 0.506 e. The minimum absolute atomic E-state index is 0.205. The van der Waals surface area contributed by atoms with Crippen LogP contribution in [0.1, 0.15) is 30.4 Å². The van der Waals surface area contributed by atoms with E-state index >= 15 is 0 Å². The van der Waals surface area contributed by atoms with Crippen molar-refractivity contribution in [2.45, 2.75) is 26.2 Å². The molecule has 0 saturated carbocycles. The van der Waals surface area contributed by atoms with Crippen molar-refractivity contribution in [1.29, 1.82) is 0 Å².